The molecule has 3 rings (SSSR count). The highest BCUT2D eigenvalue weighted by Gasteiger charge is 2.42. The van der Waals surface area contributed by atoms with Crippen LogP contribution >= 0.6 is 0 Å². The molecule has 1 aromatic rings. The largest absolute Gasteiger partial charge is 0.496 e. The van der Waals surface area contributed by atoms with Crippen LogP contribution in [0.15, 0.2) is 24.3 Å². The molecule has 1 aliphatic carbocycles. The summed E-state index contributed by atoms with van der Waals surface area (Å²) in [5, 5.41) is 3.26. The van der Waals surface area contributed by atoms with E-state index in [4.69, 9.17) is 4.74 Å². The van der Waals surface area contributed by atoms with Crippen molar-refractivity contribution in [2.24, 2.45) is 5.92 Å². The number of amides is 2. The Bertz CT molecular complexity index is 655. The van der Waals surface area contributed by atoms with Crippen LogP contribution in [0.25, 0.3) is 0 Å². The summed E-state index contributed by atoms with van der Waals surface area (Å²) in [5.74, 6) is 0.755. The van der Waals surface area contributed by atoms with Crippen molar-refractivity contribution >= 4 is 11.8 Å². The Morgan fingerprint density at radius 1 is 1.22 bits per heavy atom. The van der Waals surface area contributed by atoms with Crippen LogP contribution in [0.4, 0.5) is 0 Å². The van der Waals surface area contributed by atoms with Gasteiger partial charge < -0.3 is 15.0 Å². The molecule has 2 aliphatic rings. The molecule has 1 aliphatic heterocycles. The normalized spacial score (nSPS) is 23.5. The second-order valence-electron chi connectivity index (χ2n) is 7.76. The Kier molecular flexibility index (Phi) is 6.75. The number of rotatable bonds is 7. The number of carbonyl (C=O) groups excluding carboxylic acids is 2. The first-order valence-corrected chi connectivity index (χ1v) is 10.4. The zero-order chi connectivity index (χ0) is 19.2. The third kappa shape index (κ3) is 4.45. The number of hydrogen-bond acceptors (Lipinski definition) is 3. The molecule has 5 heteroatoms. The molecule has 1 saturated carbocycles. The number of benzene rings is 1. The summed E-state index contributed by atoms with van der Waals surface area (Å²) in [6.07, 6.45) is 7.50. The summed E-state index contributed by atoms with van der Waals surface area (Å²) in [6.45, 7) is 2.81. The predicted octanol–water partition coefficient (Wildman–Crippen LogP) is 3.83. The Morgan fingerprint density at radius 2 is 1.96 bits per heavy atom. The smallest absolute Gasteiger partial charge is 0.225 e. The molecule has 1 aromatic carbocycles. The van der Waals surface area contributed by atoms with Crippen LogP contribution in [-0.2, 0) is 9.59 Å². The van der Waals surface area contributed by atoms with Crippen LogP contribution in [0, 0.1) is 5.92 Å². The number of carbonyl (C=O) groups is 2. The van der Waals surface area contributed by atoms with Gasteiger partial charge in [0.2, 0.25) is 11.8 Å². The second kappa shape index (κ2) is 9.25. The molecule has 0 bridgehead atoms. The molecular formula is C22H32N2O3. The topological polar surface area (TPSA) is 58.6 Å². The predicted molar refractivity (Wildman–Crippen MR) is 105 cm³/mol. The fourth-order valence-electron chi connectivity index (χ4n) is 4.49. The minimum absolute atomic E-state index is 0.0896. The van der Waals surface area contributed by atoms with Gasteiger partial charge in [-0.25, -0.2) is 0 Å². The number of nitrogens with zero attached hydrogens (tertiary/aromatic N) is 1. The first-order chi connectivity index (χ1) is 13.2. The van der Waals surface area contributed by atoms with Gasteiger partial charge in [0.1, 0.15) is 5.75 Å². The van der Waals surface area contributed by atoms with Gasteiger partial charge in [0, 0.05) is 24.6 Å². The highest BCUT2D eigenvalue weighted by Crippen LogP contribution is 2.41. The average Bonchev–Trinajstić information content (AvgIpc) is 3.19. The van der Waals surface area contributed by atoms with Gasteiger partial charge in [-0.15, -0.1) is 0 Å². The van der Waals surface area contributed by atoms with Gasteiger partial charge in [-0.3, -0.25) is 9.59 Å². The number of ether oxygens (including phenoxy) is 1. The molecule has 2 fully saturated rings. The highest BCUT2D eigenvalue weighted by molar-refractivity contribution is 5.85. The minimum atomic E-state index is -0.254. The van der Waals surface area contributed by atoms with Gasteiger partial charge in [-0.2, -0.15) is 0 Å². The highest BCUT2D eigenvalue weighted by atomic mass is 16.5. The summed E-state index contributed by atoms with van der Waals surface area (Å²) in [7, 11) is 1.65. The van der Waals surface area contributed by atoms with Gasteiger partial charge in [0.15, 0.2) is 0 Å². The fraction of sp³-hybridized carbons (Fsp3) is 0.636. The van der Waals surface area contributed by atoms with E-state index in [0.717, 1.165) is 37.0 Å². The van der Waals surface area contributed by atoms with Gasteiger partial charge in [-0.05, 0) is 31.7 Å². The summed E-state index contributed by atoms with van der Waals surface area (Å²) in [4.78, 5) is 27.8. The molecule has 148 valence electrons. The number of unbranched alkanes of at least 4 members (excludes halogenated alkanes) is 1. The summed E-state index contributed by atoms with van der Waals surface area (Å²) < 4.78 is 5.58. The molecule has 5 nitrogen and oxygen atoms in total. The Morgan fingerprint density at radius 3 is 2.67 bits per heavy atom. The minimum Gasteiger partial charge on any atom is -0.496 e. The van der Waals surface area contributed by atoms with Crippen LogP contribution in [0.5, 0.6) is 5.75 Å². The van der Waals surface area contributed by atoms with E-state index in [1.807, 2.05) is 29.2 Å². The molecule has 0 aromatic heterocycles. The Balaban J connectivity index is 1.91. The standard InChI is InChI=1S/C22H32N2O3/c1-3-4-15-24-20(25)14-13-18(22(26)23-16-9-5-6-10-16)21(24)17-11-7-8-12-19(17)27-2/h7-8,11-12,16,18,21H,3-6,9-10,13-15H2,1-2H3,(H,23,26)/t18-,21-/m1/s1. The van der Waals surface area contributed by atoms with Crippen molar-refractivity contribution < 1.29 is 14.3 Å². The van der Waals surface area contributed by atoms with E-state index < -0.39 is 0 Å². The number of piperidine rings is 1. The molecule has 1 N–H and O–H groups in total. The average molecular weight is 373 g/mol. The molecule has 0 spiro atoms. The maximum Gasteiger partial charge on any atom is 0.225 e. The lowest BCUT2D eigenvalue weighted by Gasteiger charge is -2.41. The van der Waals surface area contributed by atoms with Crippen molar-refractivity contribution in [3.8, 4) is 5.75 Å². The van der Waals surface area contributed by atoms with Crippen LogP contribution in [0.2, 0.25) is 0 Å². The molecule has 0 unspecified atom stereocenters. The van der Waals surface area contributed by atoms with E-state index >= 15 is 0 Å². The zero-order valence-electron chi connectivity index (χ0n) is 16.6. The van der Waals surface area contributed by atoms with Crippen molar-refractivity contribution in [3.63, 3.8) is 0 Å². The quantitative estimate of drug-likeness (QED) is 0.791. The van der Waals surface area contributed by atoms with Gasteiger partial charge in [0.05, 0.1) is 19.1 Å². The first-order valence-electron chi connectivity index (χ1n) is 10.4. The Labute approximate surface area is 162 Å². The molecule has 0 radical (unpaired) electrons. The lowest BCUT2D eigenvalue weighted by molar-refractivity contribution is -0.143. The summed E-state index contributed by atoms with van der Waals surface area (Å²) in [5.41, 5.74) is 0.940. The van der Waals surface area contributed by atoms with Crippen molar-refractivity contribution in [2.45, 2.75) is 70.4 Å². The van der Waals surface area contributed by atoms with Crippen LogP contribution in [0.3, 0.4) is 0 Å². The van der Waals surface area contributed by atoms with Gasteiger partial charge >= 0.3 is 0 Å². The number of likely N-dealkylation sites (tertiary alicyclic amines) is 1. The molecular weight excluding hydrogens is 340 g/mol. The summed E-state index contributed by atoms with van der Waals surface area (Å²) >= 11 is 0. The molecule has 1 heterocycles. The number of methoxy groups -OCH3 is 1. The third-order valence-electron chi connectivity index (χ3n) is 5.95. The van der Waals surface area contributed by atoms with E-state index in [2.05, 4.69) is 12.2 Å². The maximum atomic E-state index is 13.2. The number of para-hydroxylation sites is 1. The Hall–Kier alpha value is -2.04. The van der Waals surface area contributed by atoms with E-state index in [-0.39, 0.29) is 29.8 Å². The van der Waals surface area contributed by atoms with Crippen molar-refractivity contribution in [3.05, 3.63) is 29.8 Å². The molecule has 1 saturated heterocycles. The van der Waals surface area contributed by atoms with Crippen molar-refractivity contribution in [1.29, 1.82) is 0 Å². The van der Waals surface area contributed by atoms with Crippen molar-refractivity contribution in [2.75, 3.05) is 13.7 Å². The molecule has 2 amide bonds. The molecule has 27 heavy (non-hydrogen) atoms. The fourth-order valence-corrected chi connectivity index (χ4v) is 4.49. The van der Waals surface area contributed by atoms with E-state index in [9.17, 15) is 9.59 Å². The van der Waals surface area contributed by atoms with E-state index in [1.54, 1.807) is 7.11 Å². The van der Waals surface area contributed by atoms with E-state index in [0.29, 0.717) is 19.4 Å². The van der Waals surface area contributed by atoms with Crippen LogP contribution < -0.4 is 10.1 Å². The van der Waals surface area contributed by atoms with Crippen molar-refractivity contribution in [1.82, 2.24) is 10.2 Å². The molecule has 2 atom stereocenters. The third-order valence-corrected chi connectivity index (χ3v) is 5.95. The zero-order valence-corrected chi connectivity index (χ0v) is 16.6. The second-order valence-corrected chi connectivity index (χ2v) is 7.76. The van der Waals surface area contributed by atoms with E-state index in [1.165, 1.54) is 12.8 Å². The number of nitrogens with one attached hydrogen (secondary N) is 1. The SMILES string of the molecule is CCCCN1C(=O)CC[C@@H](C(=O)NC2CCCC2)[C@H]1c1ccccc1OC. The first kappa shape index (κ1) is 19.7. The van der Waals surface area contributed by atoms with Crippen LogP contribution in [0.1, 0.15) is 69.9 Å². The number of hydrogen-bond donors (Lipinski definition) is 1. The maximum absolute atomic E-state index is 13.2. The lowest BCUT2D eigenvalue weighted by atomic mass is 9.82. The lowest BCUT2D eigenvalue weighted by Crippen LogP contribution is -2.49. The van der Waals surface area contributed by atoms with Gasteiger partial charge in [-0.1, -0.05) is 44.4 Å². The van der Waals surface area contributed by atoms with Crippen LogP contribution in [-0.4, -0.2) is 36.4 Å². The van der Waals surface area contributed by atoms with Gasteiger partial charge in [0.25, 0.3) is 0 Å². The monoisotopic (exact) mass is 372 g/mol. The summed E-state index contributed by atoms with van der Waals surface area (Å²) in [6, 6.07) is 7.83.